The summed E-state index contributed by atoms with van der Waals surface area (Å²) in [6.45, 7) is 13.5. The summed E-state index contributed by atoms with van der Waals surface area (Å²) in [5.41, 5.74) is 2.39. The number of ether oxygens (including phenoxy) is 1. The summed E-state index contributed by atoms with van der Waals surface area (Å²) in [5.74, 6) is 0.881. The molecule has 4 nitrogen and oxygen atoms in total. The highest BCUT2D eigenvalue weighted by Crippen LogP contribution is 2.39. The molecule has 2 rings (SSSR count). The van der Waals surface area contributed by atoms with E-state index in [-0.39, 0.29) is 15.7 Å². The first-order valence-corrected chi connectivity index (χ1v) is 12.9. The predicted octanol–water partition coefficient (Wildman–Crippen LogP) is 7.08. The van der Waals surface area contributed by atoms with Crippen LogP contribution in [0, 0.1) is 5.41 Å². The molecule has 0 heterocycles. The second-order valence-electron chi connectivity index (χ2n) is 9.93. The van der Waals surface area contributed by atoms with Gasteiger partial charge in [0.25, 0.3) is 10.0 Å². The van der Waals surface area contributed by atoms with Gasteiger partial charge in [0.05, 0.1) is 6.61 Å². The van der Waals surface area contributed by atoms with Crippen LogP contribution in [0.3, 0.4) is 0 Å². The predicted molar refractivity (Wildman–Crippen MR) is 132 cm³/mol. The van der Waals surface area contributed by atoms with Gasteiger partial charge in [0.2, 0.25) is 0 Å². The molecule has 2 aromatic carbocycles. The number of benzene rings is 2. The van der Waals surface area contributed by atoms with Crippen molar-refractivity contribution in [2.24, 2.45) is 5.41 Å². The molecule has 1 N–H and O–H groups in total. The molecule has 1 radical (unpaired) electrons. The molecule has 2 aromatic rings. The molecule has 0 aromatic heterocycles. The van der Waals surface area contributed by atoms with E-state index >= 15 is 0 Å². The molecular formula is C25H36NO3S2. The van der Waals surface area contributed by atoms with Gasteiger partial charge in [-0.25, -0.2) is 8.42 Å². The minimum atomic E-state index is -3.83. The third-order valence-electron chi connectivity index (χ3n) is 5.12. The molecule has 171 valence electrons. The molecule has 0 aliphatic heterocycles. The van der Waals surface area contributed by atoms with Crippen LogP contribution in [-0.4, -0.2) is 15.0 Å². The third kappa shape index (κ3) is 7.46. The van der Waals surface area contributed by atoms with Crippen LogP contribution in [0.4, 0.5) is 5.69 Å². The van der Waals surface area contributed by atoms with Gasteiger partial charge in [-0.05, 0) is 59.1 Å². The molecule has 31 heavy (non-hydrogen) atoms. The number of nitrogens with one attached hydrogen (secondary N) is 1. The summed E-state index contributed by atoms with van der Waals surface area (Å²) >= 11 is 5.05. The van der Waals surface area contributed by atoms with Crippen LogP contribution >= 0.6 is 12.6 Å². The summed E-state index contributed by atoms with van der Waals surface area (Å²) < 4.78 is 35.3. The number of hydrogen-bond acceptors (Lipinski definition) is 3. The highest BCUT2D eigenvalue weighted by Gasteiger charge is 2.30. The maximum atomic E-state index is 13.4. The summed E-state index contributed by atoms with van der Waals surface area (Å²) in [4.78, 5) is 0.176. The molecule has 6 heteroatoms. The summed E-state index contributed by atoms with van der Waals surface area (Å²) in [5, 5.41) is 0. The fourth-order valence-corrected chi connectivity index (χ4v) is 5.31. The molecule has 0 unspecified atom stereocenters. The molecule has 0 saturated carbocycles. The van der Waals surface area contributed by atoms with Gasteiger partial charge in [-0.3, -0.25) is 4.72 Å². The van der Waals surface area contributed by atoms with E-state index in [4.69, 9.17) is 17.4 Å². The Hall–Kier alpha value is -1.66. The summed E-state index contributed by atoms with van der Waals surface area (Å²) in [7, 11) is -3.83. The Labute approximate surface area is 194 Å². The Morgan fingerprint density at radius 3 is 2.19 bits per heavy atom. The van der Waals surface area contributed by atoms with Crippen molar-refractivity contribution in [2.75, 3.05) is 11.3 Å². The zero-order chi connectivity index (χ0) is 23.3. The Morgan fingerprint density at radius 2 is 1.65 bits per heavy atom. The van der Waals surface area contributed by atoms with Crippen molar-refractivity contribution in [1.82, 2.24) is 0 Å². The van der Waals surface area contributed by atoms with Crippen LogP contribution in [0.5, 0.6) is 5.75 Å². The van der Waals surface area contributed by atoms with Gasteiger partial charge in [0.15, 0.2) is 0 Å². The lowest BCUT2D eigenvalue weighted by atomic mass is 9.72. The van der Waals surface area contributed by atoms with E-state index in [1.807, 2.05) is 18.2 Å². The molecule has 0 amide bonds. The quantitative estimate of drug-likeness (QED) is 0.384. The van der Waals surface area contributed by atoms with Crippen molar-refractivity contribution < 1.29 is 13.2 Å². The van der Waals surface area contributed by atoms with Gasteiger partial charge in [-0.1, -0.05) is 78.8 Å². The first-order chi connectivity index (χ1) is 14.4. The number of unbranched alkanes of at least 4 members (excludes halogenated alkanes) is 1. The van der Waals surface area contributed by atoms with Gasteiger partial charge >= 0.3 is 0 Å². The highest BCUT2D eigenvalue weighted by molar-refractivity contribution is 7.92. The fraction of sp³-hybridized carbons (Fsp3) is 0.520. The van der Waals surface area contributed by atoms with Crippen LogP contribution in [0.2, 0.25) is 0 Å². The molecular weight excluding hydrogens is 426 g/mol. The van der Waals surface area contributed by atoms with E-state index in [1.54, 1.807) is 24.3 Å². The molecule has 0 spiro atoms. The zero-order valence-electron chi connectivity index (χ0n) is 19.6. The van der Waals surface area contributed by atoms with Crippen LogP contribution in [0.1, 0.15) is 71.9 Å². The lowest BCUT2D eigenvalue weighted by molar-refractivity contribution is 0.282. The first-order valence-electron chi connectivity index (χ1n) is 10.9. The van der Waals surface area contributed by atoms with E-state index in [0.29, 0.717) is 23.8 Å². The standard InChI is InChI=1S/C25H36NO3S2/c1-7-8-15-29-22-14-11-20(25(5,6)18-24(2,3)4)16-23(22)31(27,28)26-21-12-9-19(17-30)10-13-21/h9-14,16,26H,7-8,15,17-18H2,1-6H3. The van der Waals surface area contributed by atoms with E-state index in [0.717, 1.165) is 30.4 Å². The summed E-state index contributed by atoms with van der Waals surface area (Å²) in [6, 6.07) is 12.7. The Bertz CT molecular complexity index is 959. The van der Waals surface area contributed by atoms with Gasteiger partial charge in [-0.2, -0.15) is 0 Å². The van der Waals surface area contributed by atoms with E-state index in [9.17, 15) is 8.42 Å². The minimum Gasteiger partial charge on any atom is -0.492 e. The van der Waals surface area contributed by atoms with Crippen LogP contribution in [0.25, 0.3) is 0 Å². The molecule has 0 fully saturated rings. The molecule has 0 aliphatic carbocycles. The smallest absolute Gasteiger partial charge is 0.265 e. The Morgan fingerprint density at radius 1 is 1.00 bits per heavy atom. The fourth-order valence-electron chi connectivity index (χ4n) is 3.89. The van der Waals surface area contributed by atoms with E-state index in [1.165, 1.54) is 0 Å². The Kier molecular flexibility index (Phi) is 8.51. The van der Waals surface area contributed by atoms with E-state index in [2.05, 4.69) is 46.3 Å². The highest BCUT2D eigenvalue weighted by atomic mass is 32.2. The molecule has 0 bridgehead atoms. The van der Waals surface area contributed by atoms with Crippen molar-refractivity contribution in [3.8, 4) is 5.75 Å². The Balaban J connectivity index is 2.46. The van der Waals surface area contributed by atoms with E-state index < -0.39 is 10.0 Å². The molecule has 0 saturated heterocycles. The average Bonchev–Trinajstić information content (AvgIpc) is 2.66. The lowest BCUT2D eigenvalue weighted by Gasteiger charge is -2.33. The molecule has 0 atom stereocenters. The number of rotatable bonds is 10. The molecule has 0 aliphatic rings. The van der Waals surface area contributed by atoms with Gasteiger partial charge in [0, 0.05) is 11.4 Å². The average molecular weight is 463 g/mol. The number of anilines is 1. The SMILES string of the molecule is CCCCOc1ccc(C(C)(C)CC(C)(C)C)cc1S(=O)(=O)Nc1ccc(C[S])cc1. The van der Waals surface area contributed by atoms with Gasteiger partial charge in [0.1, 0.15) is 10.6 Å². The second kappa shape index (κ2) is 10.3. The van der Waals surface area contributed by atoms with Crippen LogP contribution in [0.15, 0.2) is 47.4 Å². The second-order valence-corrected chi connectivity index (χ2v) is 11.9. The largest absolute Gasteiger partial charge is 0.492 e. The van der Waals surface area contributed by atoms with Crippen molar-refractivity contribution in [3.63, 3.8) is 0 Å². The first kappa shape index (κ1) is 25.6. The number of sulfonamides is 1. The maximum absolute atomic E-state index is 13.4. The lowest BCUT2D eigenvalue weighted by Crippen LogP contribution is -2.25. The monoisotopic (exact) mass is 462 g/mol. The summed E-state index contributed by atoms with van der Waals surface area (Å²) in [6.07, 6.45) is 2.77. The normalized spacial score (nSPS) is 12.6. The van der Waals surface area contributed by atoms with Gasteiger partial charge < -0.3 is 4.74 Å². The maximum Gasteiger partial charge on any atom is 0.265 e. The van der Waals surface area contributed by atoms with Crippen LogP contribution in [-0.2, 0) is 21.2 Å². The van der Waals surface area contributed by atoms with Gasteiger partial charge in [-0.15, -0.1) is 0 Å². The number of hydrogen-bond donors (Lipinski definition) is 1. The zero-order valence-corrected chi connectivity index (χ0v) is 21.3. The van der Waals surface area contributed by atoms with Crippen molar-refractivity contribution in [3.05, 3.63) is 53.6 Å². The van der Waals surface area contributed by atoms with Crippen molar-refractivity contribution >= 4 is 28.3 Å². The third-order valence-corrected chi connectivity index (χ3v) is 6.85. The van der Waals surface area contributed by atoms with Crippen molar-refractivity contribution in [1.29, 1.82) is 0 Å². The van der Waals surface area contributed by atoms with Crippen molar-refractivity contribution in [2.45, 2.75) is 76.9 Å². The van der Waals surface area contributed by atoms with Crippen LogP contribution < -0.4 is 9.46 Å². The minimum absolute atomic E-state index is 0.115. The topological polar surface area (TPSA) is 55.4 Å².